The van der Waals surface area contributed by atoms with Gasteiger partial charge >= 0.3 is 5.97 Å². The van der Waals surface area contributed by atoms with E-state index in [9.17, 15) is 9.59 Å². The number of esters is 1. The largest absolute Gasteiger partial charge is 0.497 e. The van der Waals surface area contributed by atoms with Crippen molar-refractivity contribution in [1.29, 1.82) is 0 Å². The molecule has 0 saturated carbocycles. The van der Waals surface area contributed by atoms with Gasteiger partial charge in [0.2, 0.25) is 0 Å². The van der Waals surface area contributed by atoms with Gasteiger partial charge in [-0.15, -0.1) is 0 Å². The molecule has 0 aliphatic rings. The molecule has 0 aliphatic carbocycles. The average molecular weight is 401 g/mol. The molecule has 0 atom stereocenters. The van der Waals surface area contributed by atoms with E-state index in [1.165, 1.54) is 34.5 Å². The molecule has 29 heavy (non-hydrogen) atoms. The maximum atomic E-state index is 12.1. The van der Waals surface area contributed by atoms with Gasteiger partial charge in [-0.1, -0.05) is 6.07 Å². The Bertz CT molecular complexity index is 893. The number of benzene rings is 2. The van der Waals surface area contributed by atoms with Crippen LogP contribution in [0.3, 0.4) is 0 Å². The Morgan fingerprint density at radius 2 is 1.55 bits per heavy atom. The molecule has 0 aliphatic heterocycles. The van der Waals surface area contributed by atoms with Crippen molar-refractivity contribution in [2.75, 3.05) is 40.4 Å². The molecule has 0 unspecified atom stereocenters. The molecule has 2 aromatic rings. The Morgan fingerprint density at radius 3 is 2.21 bits per heavy atom. The Labute approximate surface area is 169 Å². The zero-order valence-corrected chi connectivity index (χ0v) is 16.7. The van der Waals surface area contributed by atoms with E-state index in [2.05, 4.69) is 5.32 Å². The van der Waals surface area contributed by atoms with Crippen LogP contribution in [0.4, 0.5) is 5.69 Å². The van der Waals surface area contributed by atoms with E-state index >= 15 is 0 Å². The zero-order valence-electron chi connectivity index (χ0n) is 16.7. The SMILES string of the molecule is COc1ccc(OC)c(NC(=O)COC(=O)/C=C/c2ccc(OC)c(OC)c2)c1. The number of ether oxygens (including phenoxy) is 5. The summed E-state index contributed by atoms with van der Waals surface area (Å²) in [6.45, 7) is -0.449. The minimum Gasteiger partial charge on any atom is -0.497 e. The van der Waals surface area contributed by atoms with Crippen LogP contribution in [0.2, 0.25) is 0 Å². The quantitative estimate of drug-likeness (QED) is 0.510. The van der Waals surface area contributed by atoms with Gasteiger partial charge in [0.05, 0.1) is 34.1 Å². The molecule has 0 bridgehead atoms. The summed E-state index contributed by atoms with van der Waals surface area (Å²) in [5, 5.41) is 2.62. The second-order valence-corrected chi connectivity index (χ2v) is 5.67. The number of hydrogen-bond acceptors (Lipinski definition) is 7. The van der Waals surface area contributed by atoms with E-state index in [4.69, 9.17) is 23.7 Å². The third-order valence-electron chi connectivity index (χ3n) is 3.85. The third-order valence-corrected chi connectivity index (χ3v) is 3.85. The summed E-state index contributed by atoms with van der Waals surface area (Å²) in [5.41, 5.74) is 1.12. The third kappa shape index (κ3) is 6.17. The molecule has 0 saturated heterocycles. The summed E-state index contributed by atoms with van der Waals surface area (Å²) in [4.78, 5) is 24.0. The van der Waals surface area contributed by atoms with Gasteiger partial charge in [-0.05, 0) is 35.9 Å². The standard InChI is InChI=1S/C21H23NO7/c1-25-15-7-9-17(26-2)16(12-15)22-20(23)13-29-21(24)10-6-14-5-8-18(27-3)19(11-14)28-4/h5-12H,13H2,1-4H3,(H,22,23)/b10-6+. The van der Waals surface area contributed by atoms with Crippen LogP contribution in [0.25, 0.3) is 6.08 Å². The Balaban J connectivity index is 1.92. The van der Waals surface area contributed by atoms with Gasteiger partial charge in [-0.3, -0.25) is 4.79 Å². The predicted molar refractivity (Wildman–Crippen MR) is 108 cm³/mol. The van der Waals surface area contributed by atoms with Crippen molar-refractivity contribution < 1.29 is 33.3 Å². The molecule has 8 heteroatoms. The van der Waals surface area contributed by atoms with Crippen molar-refractivity contribution in [3.63, 3.8) is 0 Å². The molecule has 0 aromatic heterocycles. The fourth-order valence-corrected chi connectivity index (χ4v) is 2.40. The molecule has 1 N–H and O–H groups in total. The van der Waals surface area contributed by atoms with Crippen LogP contribution < -0.4 is 24.3 Å². The highest BCUT2D eigenvalue weighted by Gasteiger charge is 2.11. The lowest BCUT2D eigenvalue weighted by Gasteiger charge is -2.11. The highest BCUT2D eigenvalue weighted by Crippen LogP contribution is 2.29. The van der Waals surface area contributed by atoms with Crippen molar-refractivity contribution in [2.45, 2.75) is 0 Å². The lowest BCUT2D eigenvalue weighted by Crippen LogP contribution is -2.20. The zero-order chi connectivity index (χ0) is 21.2. The summed E-state index contributed by atoms with van der Waals surface area (Å²) < 4.78 is 25.6. The smallest absolute Gasteiger partial charge is 0.331 e. The molecule has 0 fully saturated rings. The van der Waals surface area contributed by atoms with Crippen LogP contribution in [0.1, 0.15) is 5.56 Å². The lowest BCUT2D eigenvalue weighted by atomic mass is 10.2. The minimum atomic E-state index is -0.660. The van der Waals surface area contributed by atoms with Crippen molar-refractivity contribution in [2.24, 2.45) is 0 Å². The molecule has 2 rings (SSSR count). The van der Waals surface area contributed by atoms with Crippen LogP contribution >= 0.6 is 0 Å². The summed E-state index contributed by atoms with van der Waals surface area (Å²) in [6.07, 6.45) is 2.77. The van der Waals surface area contributed by atoms with Gasteiger partial charge in [0.25, 0.3) is 5.91 Å². The fraction of sp³-hybridized carbons (Fsp3) is 0.238. The first-order valence-corrected chi connectivity index (χ1v) is 8.59. The van der Waals surface area contributed by atoms with Crippen LogP contribution in [0.15, 0.2) is 42.5 Å². The summed E-state index contributed by atoms with van der Waals surface area (Å²) in [6, 6.07) is 10.2. The van der Waals surface area contributed by atoms with Crippen molar-refractivity contribution >= 4 is 23.6 Å². The van der Waals surface area contributed by atoms with Crippen LogP contribution in [-0.2, 0) is 14.3 Å². The van der Waals surface area contributed by atoms with E-state index in [0.717, 1.165) is 0 Å². The van der Waals surface area contributed by atoms with Crippen molar-refractivity contribution in [3.8, 4) is 23.0 Å². The second kappa shape index (κ2) is 10.6. The Hall–Kier alpha value is -3.68. The van der Waals surface area contributed by atoms with Crippen molar-refractivity contribution in [3.05, 3.63) is 48.0 Å². The summed E-state index contributed by atoms with van der Waals surface area (Å²) in [5.74, 6) is 0.957. The lowest BCUT2D eigenvalue weighted by molar-refractivity contribution is -0.142. The molecule has 0 radical (unpaired) electrons. The second-order valence-electron chi connectivity index (χ2n) is 5.67. The van der Waals surface area contributed by atoms with E-state index in [-0.39, 0.29) is 0 Å². The van der Waals surface area contributed by atoms with Gasteiger partial charge in [0, 0.05) is 12.1 Å². The van der Waals surface area contributed by atoms with Gasteiger partial charge in [-0.25, -0.2) is 4.79 Å². The molecule has 0 spiro atoms. The van der Waals surface area contributed by atoms with Gasteiger partial charge < -0.3 is 29.0 Å². The highest BCUT2D eigenvalue weighted by molar-refractivity contribution is 5.95. The van der Waals surface area contributed by atoms with E-state index in [1.807, 2.05) is 0 Å². The van der Waals surface area contributed by atoms with E-state index in [1.54, 1.807) is 42.5 Å². The number of carbonyl (C=O) groups is 2. The first-order valence-electron chi connectivity index (χ1n) is 8.59. The number of amides is 1. The average Bonchev–Trinajstić information content (AvgIpc) is 2.75. The predicted octanol–water partition coefficient (Wildman–Crippen LogP) is 2.92. The molecular weight excluding hydrogens is 378 g/mol. The van der Waals surface area contributed by atoms with Crippen LogP contribution in [-0.4, -0.2) is 46.9 Å². The topological polar surface area (TPSA) is 92.3 Å². The molecule has 2 aromatic carbocycles. The summed E-state index contributed by atoms with van der Waals surface area (Å²) in [7, 11) is 6.06. The molecule has 8 nitrogen and oxygen atoms in total. The fourth-order valence-electron chi connectivity index (χ4n) is 2.40. The minimum absolute atomic E-state index is 0.411. The molecule has 1 amide bonds. The number of carbonyl (C=O) groups excluding carboxylic acids is 2. The monoisotopic (exact) mass is 401 g/mol. The summed E-state index contributed by atoms with van der Waals surface area (Å²) >= 11 is 0. The molecule has 154 valence electrons. The maximum absolute atomic E-state index is 12.1. The van der Waals surface area contributed by atoms with Crippen LogP contribution in [0.5, 0.6) is 23.0 Å². The first kappa shape index (κ1) is 21.6. The molecular formula is C21H23NO7. The Morgan fingerprint density at radius 1 is 0.862 bits per heavy atom. The van der Waals surface area contributed by atoms with E-state index < -0.39 is 18.5 Å². The normalized spacial score (nSPS) is 10.3. The number of hydrogen-bond donors (Lipinski definition) is 1. The number of methoxy groups -OCH3 is 4. The number of nitrogens with one attached hydrogen (secondary N) is 1. The first-order chi connectivity index (χ1) is 14.0. The van der Waals surface area contributed by atoms with Gasteiger partial charge in [0.1, 0.15) is 11.5 Å². The van der Waals surface area contributed by atoms with Crippen molar-refractivity contribution in [1.82, 2.24) is 0 Å². The number of rotatable bonds is 9. The highest BCUT2D eigenvalue weighted by atomic mass is 16.5. The molecule has 0 heterocycles. The maximum Gasteiger partial charge on any atom is 0.331 e. The van der Waals surface area contributed by atoms with Gasteiger partial charge in [-0.2, -0.15) is 0 Å². The van der Waals surface area contributed by atoms with E-state index in [0.29, 0.717) is 34.2 Å². The Kier molecular flexibility index (Phi) is 7.90. The number of anilines is 1. The van der Waals surface area contributed by atoms with Crippen LogP contribution in [0, 0.1) is 0 Å². The van der Waals surface area contributed by atoms with Gasteiger partial charge in [0.15, 0.2) is 18.1 Å².